The van der Waals surface area contributed by atoms with Gasteiger partial charge in [0.15, 0.2) is 0 Å². The van der Waals surface area contributed by atoms with Crippen LogP contribution in [-0.4, -0.2) is 44.3 Å². The van der Waals surface area contributed by atoms with Crippen LogP contribution in [0.3, 0.4) is 0 Å². The molecule has 0 spiro atoms. The molecule has 11 heteroatoms. The number of amides is 2. The first-order chi connectivity index (χ1) is 17.6. The Balaban J connectivity index is 2.05. The fraction of sp³-hybridized carbons (Fsp3) is 0.231. The number of benzene rings is 3. The predicted octanol–water partition coefficient (Wildman–Crippen LogP) is 4.88. The fourth-order valence-electron chi connectivity index (χ4n) is 3.60. The zero-order valence-electron chi connectivity index (χ0n) is 20.2. The van der Waals surface area contributed by atoms with Crippen LogP contribution in [0, 0.1) is 5.82 Å². The minimum Gasteiger partial charge on any atom is -0.355 e. The van der Waals surface area contributed by atoms with Gasteiger partial charge in [-0.25, -0.2) is 12.8 Å². The quantitative estimate of drug-likeness (QED) is 0.379. The van der Waals surface area contributed by atoms with E-state index in [1.54, 1.807) is 56.3 Å². The second-order valence-electron chi connectivity index (χ2n) is 8.11. The van der Waals surface area contributed by atoms with E-state index in [2.05, 4.69) is 5.32 Å². The van der Waals surface area contributed by atoms with Gasteiger partial charge < -0.3 is 10.2 Å². The molecule has 0 aromatic heterocycles. The molecular weight excluding hydrogens is 540 g/mol. The number of sulfonamides is 1. The van der Waals surface area contributed by atoms with Crippen molar-refractivity contribution in [2.24, 2.45) is 0 Å². The maximum Gasteiger partial charge on any atom is 0.264 e. The summed E-state index contributed by atoms with van der Waals surface area (Å²) >= 11 is 12.3. The third kappa shape index (κ3) is 6.80. The summed E-state index contributed by atoms with van der Waals surface area (Å²) in [6.07, 6.45) is 0. The van der Waals surface area contributed by atoms with E-state index >= 15 is 0 Å². The molecule has 196 valence electrons. The molecule has 37 heavy (non-hydrogen) atoms. The van der Waals surface area contributed by atoms with Gasteiger partial charge in [0, 0.05) is 18.1 Å². The van der Waals surface area contributed by atoms with Crippen LogP contribution in [0.4, 0.5) is 10.1 Å². The second kappa shape index (κ2) is 12.4. The summed E-state index contributed by atoms with van der Waals surface area (Å²) < 4.78 is 42.0. The van der Waals surface area contributed by atoms with Crippen LogP contribution >= 0.6 is 23.2 Å². The van der Waals surface area contributed by atoms with Crippen molar-refractivity contribution in [1.29, 1.82) is 0 Å². The molecule has 0 aliphatic rings. The van der Waals surface area contributed by atoms with Crippen molar-refractivity contribution < 1.29 is 22.4 Å². The summed E-state index contributed by atoms with van der Waals surface area (Å²) in [4.78, 5) is 27.6. The van der Waals surface area contributed by atoms with Gasteiger partial charge in [-0.1, -0.05) is 59.6 Å². The van der Waals surface area contributed by atoms with Crippen molar-refractivity contribution in [1.82, 2.24) is 10.2 Å². The van der Waals surface area contributed by atoms with Gasteiger partial charge in [0.2, 0.25) is 11.8 Å². The third-order valence-corrected chi connectivity index (χ3v) is 8.06. The van der Waals surface area contributed by atoms with E-state index in [0.29, 0.717) is 17.1 Å². The van der Waals surface area contributed by atoms with Gasteiger partial charge in [-0.2, -0.15) is 0 Å². The molecule has 1 N–H and O–H groups in total. The highest BCUT2D eigenvalue weighted by Crippen LogP contribution is 2.28. The zero-order chi connectivity index (χ0) is 27.2. The van der Waals surface area contributed by atoms with E-state index in [-0.39, 0.29) is 22.2 Å². The number of carbonyl (C=O) groups is 2. The molecule has 3 aromatic carbocycles. The SMILES string of the molecule is CCNC(=O)[C@H](C)N(Cc1ccccc1Cl)C(=O)CN(c1ccc(F)c(Cl)c1)S(=O)(=O)c1ccccc1. The fourth-order valence-corrected chi connectivity index (χ4v) is 5.40. The molecule has 0 unspecified atom stereocenters. The van der Waals surface area contributed by atoms with E-state index in [1.807, 2.05) is 0 Å². The summed E-state index contributed by atoms with van der Waals surface area (Å²) in [5.41, 5.74) is 0.572. The van der Waals surface area contributed by atoms with Crippen molar-refractivity contribution >= 4 is 50.7 Å². The number of nitrogens with zero attached hydrogens (tertiary/aromatic N) is 2. The van der Waals surface area contributed by atoms with Crippen LogP contribution in [0.5, 0.6) is 0 Å². The van der Waals surface area contributed by atoms with Crippen LogP contribution in [0.1, 0.15) is 19.4 Å². The second-order valence-corrected chi connectivity index (χ2v) is 10.8. The molecule has 0 fully saturated rings. The molecule has 7 nitrogen and oxygen atoms in total. The number of hydrogen-bond donors (Lipinski definition) is 1. The molecule has 0 aliphatic carbocycles. The van der Waals surface area contributed by atoms with E-state index in [4.69, 9.17) is 23.2 Å². The lowest BCUT2D eigenvalue weighted by Gasteiger charge is -2.32. The molecule has 0 saturated carbocycles. The topological polar surface area (TPSA) is 86.8 Å². The normalized spacial score (nSPS) is 12.0. The Morgan fingerprint density at radius 3 is 2.24 bits per heavy atom. The molecule has 0 radical (unpaired) electrons. The monoisotopic (exact) mass is 565 g/mol. The Kier molecular flexibility index (Phi) is 9.53. The van der Waals surface area contributed by atoms with Gasteiger partial charge in [0.1, 0.15) is 18.4 Å². The number of anilines is 1. The van der Waals surface area contributed by atoms with Crippen molar-refractivity contribution in [3.8, 4) is 0 Å². The maximum absolute atomic E-state index is 13.9. The molecule has 3 rings (SSSR count). The Morgan fingerprint density at radius 1 is 0.973 bits per heavy atom. The molecule has 2 amide bonds. The third-order valence-electron chi connectivity index (χ3n) is 5.62. The lowest BCUT2D eigenvalue weighted by molar-refractivity contribution is -0.139. The summed E-state index contributed by atoms with van der Waals surface area (Å²) in [7, 11) is -4.27. The molecular formula is C26H26Cl2FN3O4S. The number of likely N-dealkylation sites (N-methyl/N-ethyl adjacent to an activating group) is 1. The van der Waals surface area contributed by atoms with Crippen LogP contribution < -0.4 is 9.62 Å². The van der Waals surface area contributed by atoms with Gasteiger partial charge in [-0.15, -0.1) is 0 Å². The number of rotatable bonds is 10. The number of carbonyl (C=O) groups excluding carboxylic acids is 2. The highest BCUT2D eigenvalue weighted by atomic mass is 35.5. The highest BCUT2D eigenvalue weighted by Gasteiger charge is 2.32. The molecule has 3 aromatic rings. The van der Waals surface area contributed by atoms with E-state index in [9.17, 15) is 22.4 Å². The summed E-state index contributed by atoms with van der Waals surface area (Å²) in [5.74, 6) is -1.82. The van der Waals surface area contributed by atoms with Crippen LogP contribution in [-0.2, 0) is 26.2 Å². The summed E-state index contributed by atoms with van der Waals surface area (Å²) in [6, 6.07) is 16.8. The smallest absolute Gasteiger partial charge is 0.264 e. The van der Waals surface area contributed by atoms with Gasteiger partial charge in [0.25, 0.3) is 10.0 Å². The average Bonchev–Trinajstić information content (AvgIpc) is 2.88. The van der Waals surface area contributed by atoms with Crippen LogP contribution in [0.25, 0.3) is 0 Å². The molecule has 0 heterocycles. The largest absolute Gasteiger partial charge is 0.355 e. The van der Waals surface area contributed by atoms with Crippen molar-refractivity contribution in [3.63, 3.8) is 0 Å². The Bertz CT molecular complexity index is 1370. The zero-order valence-corrected chi connectivity index (χ0v) is 22.5. The van der Waals surface area contributed by atoms with Crippen molar-refractivity contribution in [2.45, 2.75) is 31.3 Å². The predicted molar refractivity (Wildman–Crippen MR) is 143 cm³/mol. The van der Waals surface area contributed by atoms with Gasteiger partial charge in [0.05, 0.1) is 15.6 Å². The molecule has 0 bridgehead atoms. The van der Waals surface area contributed by atoms with Gasteiger partial charge >= 0.3 is 0 Å². The summed E-state index contributed by atoms with van der Waals surface area (Å²) in [5, 5.41) is 2.77. The first kappa shape index (κ1) is 28.4. The lowest BCUT2D eigenvalue weighted by Crippen LogP contribution is -2.51. The standard InChI is InChI=1S/C26H26Cl2FN3O4S/c1-3-30-26(34)18(2)31(16-19-9-7-8-12-22(19)27)25(33)17-32(20-13-14-24(29)23(28)15-20)37(35,36)21-10-5-4-6-11-21/h4-15,18H,3,16-17H2,1-2H3,(H,30,34)/t18-/m0/s1. The van der Waals surface area contributed by atoms with E-state index < -0.39 is 40.2 Å². The maximum atomic E-state index is 13.9. The van der Waals surface area contributed by atoms with Crippen molar-refractivity contribution in [3.05, 3.63) is 94.2 Å². The Morgan fingerprint density at radius 2 is 1.62 bits per heavy atom. The summed E-state index contributed by atoms with van der Waals surface area (Å²) in [6.45, 7) is 2.93. The number of halogens is 3. The molecule has 0 saturated heterocycles. The van der Waals surface area contributed by atoms with Crippen molar-refractivity contribution in [2.75, 3.05) is 17.4 Å². The van der Waals surface area contributed by atoms with Crippen LogP contribution in [0.15, 0.2) is 77.7 Å². The Hall–Kier alpha value is -3.14. The first-order valence-corrected chi connectivity index (χ1v) is 13.6. The Labute approximate surface area is 225 Å². The number of nitrogens with one attached hydrogen (secondary N) is 1. The van der Waals surface area contributed by atoms with Gasteiger partial charge in [-0.3, -0.25) is 13.9 Å². The lowest BCUT2D eigenvalue weighted by atomic mass is 10.1. The minimum atomic E-state index is -4.27. The van der Waals surface area contributed by atoms with E-state index in [1.165, 1.54) is 23.1 Å². The van der Waals surface area contributed by atoms with Gasteiger partial charge in [-0.05, 0) is 55.8 Å². The first-order valence-electron chi connectivity index (χ1n) is 11.4. The average molecular weight is 566 g/mol. The minimum absolute atomic E-state index is 0.00745. The van der Waals surface area contributed by atoms with Crippen LogP contribution in [0.2, 0.25) is 10.0 Å². The molecule has 0 aliphatic heterocycles. The number of hydrogen-bond acceptors (Lipinski definition) is 4. The molecule has 1 atom stereocenters. The highest BCUT2D eigenvalue weighted by molar-refractivity contribution is 7.92. The van der Waals surface area contributed by atoms with E-state index in [0.717, 1.165) is 16.4 Å².